The number of nitrogens with zero attached hydrogens (tertiary/aromatic N) is 5. The molecule has 0 saturated carbocycles. The van der Waals surface area contributed by atoms with Crippen LogP contribution in [0.5, 0.6) is 5.75 Å². The van der Waals surface area contributed by atoms with E-state index in [4.69, 9.17) is 0 Å². The standard InChI is InChI=1S/C26H27F4N5O2/c1-5-21(19-10-18(7-8-20(19)27)37-26(28,29)30)34-13-16(3)35(14-15(34)2)23-11-24(36)33(4)22-9-6-17(12-31)32-25(22)23/h6-11,15-16,21H,5,13-14H2,1-4H3/t15-,16+,21?/m1/s1. The number of hydrogen-bond acceptors (Lipinski definition) is 6. The molecule has 1 aliphatic rings. The summed E-state index contributed by atoms with van der Waals surface area (Å²) in [6, 6.07) is 9.09. The average Bonchev–Trinajstić information content (AvgIpc) is 2.84. The number of benzene rings is 1. The molecule has 0 amide bonds. The van der Waals surface area contributed by atoms with Gasteiger partial charge in [0.2, 0.25) is 0 Å². The van der Waals surface area contributed by atoms with E-state index < -0.39 is 24.0 Å². The minimum Gasteiger partial charge on any atom is -0.406 e. The maximum Gasteiger partial charge on any atom is 0.573 e. The van der Waals surface area contributed by atoms with Crippen LogP contribution in [0.1, 0.15) is 44.5 Å². The van der Waals surface area contributed by atoms with E-state index in [2.05, 4.69) is 14.6 Å². The third-order valence-electron chi connectivity index (χ3n) is 6.87. The lowest BCUT2D eigenvalue weighted by molar-refractivity contribution is -0.274. The van der Waals surface area contributed by atoms with Gasteiger partial charge in [0.25, 0.3) is 5.56 Å². The maximum atomic E-state index is 14.8. The lowest BCUT2D eigenvalue weighted by Crippen LogP contribution is -2.57. The summed E-state index contributed by atoms with van der Waals surface area (Å²) in [4.78, 5) is 21.3. The van der Waals surface area contributed by atoms with Crippen molar-refractivity contribution in [2.24, 2.45) is 7.05 Å². The highest BCUT2D eigenvalue weighted by Crippen LogP contribution is 2.36. The van der Waals surface area contributed by atoms with E-state index >= 15 is 0 Å². The fraction of sp³-hybridized carbons (Fsp3) is 0.423. The summed E-state index contributed by atoms with van der Waals surface area (Å²) < 4.78 is 58.6. The third kappa shape index (κ3) is 5.25. The third-order valence-corrected chi connectivity index (χ3v) is 6.87. The Hall–Kier alpha value is -3.65. The number of fused-ring (bicyclic) bond motifs is 1. The van der Waals surface area contributed by atoms with Crippen LogP contribution in [-0.2, 0) is 7.05 Å². The van der Waals surface area contributed by atoms with Gasteiger partial charge in [0.05, 0.1) is 11.2 Å². The summed E-state index contributed by atoms with van der Waals surface area (Å²) in [5.74, 6) is -1.07. The lowest BCUT2D eigenvalue weighted by atomic mass is 9.96. The highest BCUT2D eigenvalue weighted by molar-refractivity contribution is 5.89. The number of pyridine rings is 2. The molecule has 3 heterocycles. The normalized spacial score (nSPS) is 19.6. The summed E-state index contributed by atoms with van der Waals surface area (Å²) in [6.45, 7) is 6.68. The molecule has 1 aliphatic heterocycles. The van der Waals surface area contributed by atoms with Gasteiger partial charge in [-0.05, 0) is 50.6 Å². The fourth-order valence-electron chi connectivity index (χ4n) is 5.12. The Bertz CT molecular complexity index is 1420. The van der Waals surface area contributed by atoms with Gasteiger partial charge in [0.15, 0.2) is 0 Å². The maximum absolute atomic E-state index is 14.8. The molecule has 0 spiro atoms. The zero-order valence-corrected chi connectivity index (χ0v) is 20.9. The molecule has 0 N–H and O–H groups in total. The number of anilines is 1. The van der Waals surface area contributed by atoms with Crippen molar-refractivity contribution in [2.75, 3.05) is 18.0 Å². The van der Waals surface area contributed by atoms with Crippen molar-refractivity contribution in [1.82, 2.24) is 14.5 Å². The number of rotatable bonds is 5. The smallest absolute Gasteiger partial charge is 0.406 e. The van der Waals surface area contributed by atoms with E-state index in [1.165, 1.54) is 10.6 Å². The van der Waals surface area contributed by atoms with Crippen LogP contribution in [0.15, 0.2) is 41.2 Å². The second-order valence-corrected chi connectivity index (χ2v) is 9.31. The number of aryl methyl sites for hydroxylation is 1. The molecule has 2 aromatic heterocycles. The van der Waals surface area contributed by atoms with Gasteiger partial charge in [-0.1, -0.05) is 6.92 Å². The summed E-state index contributed by atoms with van der Waals surface area (Å²) in [5.41, 5.74) is 1.88. The highest BCUT2D eigenvalue weighted by Gasteiger charge is 2.36. The molecule has 11 heteroatoms. The quantitative estimate of drug-likeness (QED) is 0.449. The van der Waals surface area contributed by atoms with E-state index in [-0.39, 0.29) is 28.9 Å². The molecule has 1 aromatic carbocycles. The topological polar surface area (TPSA) is 74.4 Å². The SMILES string of the molecule is CCC(c1cc(OC(F)(F)F)ccc1F)N1C[C@H](C)N(c2cc(=O)n(C)c3ccc(C#N)nc23)C[C@H]1C. The monoisotopic (exact) mass is 517 g/mol. The van der Waals surface area contributed by atoms with E-state index in [0.717, 1.165) is 18.2 Å². The summed E-state index contributed by atoms with van der Waals surface area (Å²) >= 11 is 0. The Morgan fingerprint density at radius 1 is 1.16 bits per heavy atom. The number of ether oxygens (including phenoxy) is 1. The number of halogens is 4. The second-order valence-electron chi connectivity index (χ2n) is 9.31. The van der Waals surface area contributed by atoms with Crippen LogP contribution in [0, 0.1) is 17.1 Å². The van der Waals surface area contributed by atoms with Crippen molar-refractivity contribution in [3.63, 3.8) is 0 Å². The molecule has 7 nitrogen and oxygen atoms in total. The zero-order chi connectivity index (χ0) is 27.1. The van der Waals surface area contributed by atoms with E-state index in [9.17, 15) is 27.6 Å². The molecule has 0 aliphatic carbocycles. The first kappa shape index (κ1) is 26.4. The molecule has 3 atom stereocenters. The van der Waals surface area contributed by atoms with Gasteiger partial charge in [0.1, 0.15) is 28.8 Å². The number of nitriles is 1. The van der Waals surface area contributed by atoms with E-state index in [1.54, 1.807) is 19.2 Å². The van der Waals surface area contributed by atoms with Crippen molar-refractivity contribution < 1.29 is 22.3 Å². The van der Waals surface area contributed by atoms with Crippen LogP contribution in [-0.4, -0.2) is 46.0 Å². The molecule has 37 heavy (non-hydrogen) atoms. The second kappa shape index (κ2) is 10.0. The number of aromatic nitrogens is 2. The first-order chi connectivity index (χ1) is 17.4. The van der Waals surface area contributed by atoms with Crippen LogP contribution >= 0.6 is 0 Å². The zero-order valence-electron chi connectivity index (χ0n) is 20.9. The van der Waals surface area contributed by atoms with Crippen molar-refractivity contribution in [2.45, 2.75) is 51.7 Å². The van der Waals surface area contributed by atoms with E-state index in [1.807, 2.05) is 31.7 Å². The van der Waals surface area contributed by atoms with Gasteiger partial charge in [-0.15, -0.1) is 13.2 Å². The molecule has 0 radical (unpaired) electrons. The minimum atomic E-state index is -4.88. The minimum absolute atomic E-state index is 0.135. The summed E-state index contributed by atoms with van der Waals surface area (Å²) in [7, 11) is 1.64. The Morgan fingerprint density at radius 2 is 1.89 bits per heavy atom. The number of hydrogen-bond donors (Lipinski definition) is 0. The molecular weight excluding hydrogens is 490 g/mol. The first-order valence-corrected chi connectivity index (χ1v) is 11.9. The molecule has 3 aromatic rings. The van der Waals surface area contributed by atoms with Gasteiger partial charge < -0.3 is 14.2 Å². The molecule has 1 fully saturated rings. The highest BCUT2D eigenvalue weighted by atomic mass is 19.4. The van der Waals surface area contributed by atoms with Gasteiger partial charge in [-0.25, -0.2) is 9.37 Å². The van der Waals surface area contributed by atoms with Crippen molar-refractivity contribution in [1.29, 1.82) is 5.26 Å². The van der Waals surface area contributed by atoms with Crippen molar-refractivity contribution in [3.05, 3.63) is 63.8 Å². The summed E-state index contributed by atoms with van der Waals surface area (Å²) in [6.07, 6.45) is -4.41. The Kier molecular flexibility index (Phi) is 7.15. The van der Waals surface area contributed by atoms with Gasteiger partial charge in [0, 0.05) is 49.9 Å². The molecule has 0 bridgehead atoms. The van der Waals surface area contributed by atoms with Crippen LogP contribution in [0.4, 0.5) is 23.2 Å². The Balaban J connectivity index is 1.69. The van der Waals surface area contributed by atoms with Gasteiger partial charge in [-0.3, -0.25) is 9.69 Å². The lowest BCUT2D eigenvalue weighted by Gasteiger charge is -2.48. The average molecular weight is 518 g/mol. The van der Waals surface area contributed by atoms with Crippen molar-refractivity contribution in [3.8, 4) is 11.8 Å². The van der Waals surface area contributed by atoms with Crippen LogP contribution in [0.2, 0.25) is 0 Å². The number of alkyl halides is 3. The largest absolute Gasteiger partial charge is 0.573 e. The Morgan fingerprint density at radius 3 is 2.54 bits per heavy atom. The van der Waals surface area contributed by atoms with E-state index in [0.29, 0.717) is 36.2 Å². The summed E-state index contributed by atoms with van der Waals surface area (Å²) in [5, 5.41) is 9.35. The van der Waals surface area contributed by atoms with Gasteiger partial charge >= 0.3 is 6.36 Å². The number of piperazine rings is 1. The molecular formula is C26H27F4N5O2. The van der Waals surface area contributed by atoms with Crippen LogP contribution in [0.3, 0.4) is 0 Å². The fourth-order valence-corrected chi connectivity index (χ4v) is 5.12. The predicted molar refractivity (Wildman–Crippen MR) is 131 cm³/mol. The molecule has 196 valence electrons. The Labute approximate surface area is 211 Å². The molecule has 1 saturated heterocycles. The van der Waals surface area contributed by atoms with Gasteiger partial charge in [-0.2, -0.15) is 5.26 Å². The molecule has 1 unspecified atom stereocenters. The van der Waals surface area contributed by atoms with Crippen LogP contribution < -0.4 is 15.2 Å². The predicted octanol–water partition coefficient (Wildman–Crippen LogP) is 4.89. The van der Waals surface area contributed by atoms with Crippen LogP contribution in [0.25, 0.3) is 11.0 Å². The van der Waals surface area contributed by atoms with Crippen molar-refractivity contribution >= 4 is 16.7 Å². The first-order valence-electron chi connectivity index (χ1n) is 11.9. The molecule has 4 rings (SSSR count).